The lowest BCUT2D eigenvalue weighted by Crippen LogP contribution is -2.43. The summed E-state index contributed by atoms with van der Waals surface area (Å²) in [5.41, 5.74) is 1.16. The Morgan fingerprint density at radius 1 is 1.32 bits per heavy atom. The van der Waals surface area contributed by atoms with Crippen LogP contribution in [0.5, 0.6) is 0 Å². The zero-order chi connectivity index (χ0) is 13.7. The van der Waals surface area contributed by atoms with Gasteiger partial charge in [-0.2, -0.15) is 11.8 Å². The van der Waals surface area contributed by atoms with E-state index in [4.69, 9.17) is 5.11 Å². The number of carbonyl (C=O) groups is 2. The van der Waals surface area contributed by atoms with E-state index in [0.29, 0.717) is 5.75 Å². The molecule has 1 amide bonds. The molecule has 1 aliphatic carbocycles. The van der Waals surface area contributed by atoms with E-state index in [9.17, 15) is 9.59 Å². The molecule has 2 rings (SSSR count). The highest BCUT2D eigenvalue weighted by Gasteiger charge is 2.32. The first-order valence-electron chi connectivity index (χ1n) is 6.31. The van der Waals surface area contributed by atoms with Gasteiger partial charge >= 0.3 is 5.97 Å². The summed E-state index contributed by atoms with van der Waals surface area (Å²) in [4.78, 5) is 22.7. The predicted octanol–water partition coefficient (Wildman–Crippen LogP) is 1.90. The van der Waals surface area contributed by atoms with E-state index >= 15 is 0 Å². The van der Waals surface area contributed by atoms with Crippen LogP contribution in [0.15, 0.2) is 30.3 Å². The monoisotopic (exact) mass is 279 g/mol. The predicted molar refractivity (Wildman–Crippen MR) is 74.9 cm³/mol. The molecule has 1 atom stereocenters. The van der Waals surface area contributed by atoms with E-state index in [1.54, 1.807) is 0 Å². The van der Waals surface area contributed by atoms with Crippen LogP contribution in [0.4, 0.5) is 0 Å². The molecule has 19 heavy (non-hydrogen) atoms. The third-order valence-corrected chi connectivity index (χ3v) is 4.07. The number of carboxylic acids is 1. The molecule has 1 aromatic rings. The first-order valence-corrected chi connectivity index (χ1v) is 7.47. The SMILES string of the molecule is O=C(N[C@@H](CSCc1ccccc1)C(=O)O)C1CC1. The van der Waals surface area contributed by atoms with Crippen molar-refractivity contribution in [3.63, 3.8) is 0 Å². The second kappa shape index (κ2) is 6.61. The van der Waals surface area contributed by atoms with E-state index in [1.807, 2.05) is 30.3 Å². The van der Waals surface area contributed by atoms with Gasteiger partial charge in [0.05, 0.1) is 0 Å². The minimum absolute atomic E-state index is 0.0426. The van der Waals surface area contributed by atoms with Crippen molar-refractivity contribution in [3.05, 3.63) is 35.9 Å². The summed E-state index contributed by atoms with van der Waals surface area (Å²) in [5.74, 6) is 0.107. The number of amides is 1. The van der Waals surface area contributed by atoms with Gasteiger partial charge in [0.25, 0.3) is 0 Å². The Bertz CT molecular complexity index is 445. The Balaban J connectivity index is 1.77. The molecule has 2 N–H and O–H groups in total. The van der Waals surface area contributed by atoms with Crippen molar-refractivity contribution < 1.29 is 14.7 Å². The van der Waals surface area contributed by atoms with Crippen molar-refractivity contribution in [1.29, 1.82) is 0 Å². The summed E-state index contributed by atoms with van der Waals surface area (Å²) in [6, 6.07) is 9.09. The molecule has 1 aromatic carbocycles. The molecule has 0 radical (unpaired) electrons. The maximum absolute atomic E-state index is 11.6. The van der Waals surface area contributed by atoms with Gasteiger partial charge in [-0.25, -0.2) is 4.79 Å². The van der Waals surface area contributed by atoms with E-state index in [0.717, 1.165) is 24.2 Å². The van der Waals surface area contributed by atoms with Crippen molar-refractivity contribution in [2.75, 3.05) is 5.75 Å². The van der Waals surface area contributed by atoms with Crippen molar-refractivity contribution in [2.45, 2.75) is 24.6 Å². The molecule has 0 bridgehead atoms. The van der Waals surface area contributed by atoms with Gasteiger partial charge in [0.15, 0.2) is 0 Å². The zero-order valence-corrected chi connectivity index (χ0v) is 11.4. The molecular weight excluding hydrogens is 262 g/mol. The highest BCUT2D eigenvalue weighted by Crippen LogP contribution is 2.29. The van der Waals surface area contributed by atoms with Gasteiger partial charge in [-0.1, -0.05) is 30.3 Å². The van der Waals surface area contributed by atoms with Crippen molar-refractivity contribution >= 4 is 23.6 Å². The average molecular weight is 279 g/mol. The van der Waals surface area contributed by atoms with E-state index in [1.165, 1.54) is 11.8 Å². The fourth-order valence-corrected chi connectivity index (χ4v) is 2.69. The molecular formula is C14H17NO3S. The highest BCUT2D eigenvalue weighted by molar-refractivity contribution is 7.98. The number of hydrogen-bond acceptors (Lipinski definition) is 3. The van der Waals surface area contributed by atoms with E-state index in [2.05, 4.69) is 5.32 Å². The van der Waals surface area contributed by atoms with Gasteiger partial charge in [-0.05, 0) is 18.4 Å². The van der Waals surface area contributed by atoms with Crippen LogP contribution in [0.25, 0.3) is 0 Å². The number of rotatable bonds is 7. The Morgan fingerprint density at radius 2 is 2.00 bits per heavy atom. The van der Waals surface area contributed by atoms with Crippen molar-refractivity contribution in [1.82, 2.24) is 5.32 Å². The summed E-state index contributed by atoms with van der Waals surface area (Å²) < 4.78 is 0. The molecule has 1 fully saturated rings. The smallest absolute Gasteiger partial charge is 0.327 e. The molecule has 1 aliphatic rings. The van der Waals surface area contributed by atoms with Gasteiger partial charge < -0.3 is 10.4 Å². The Morgan fingerprint density at radius 3 is 2.58 bits per heavy atom. The fraction of sp³-hybridized carbons (Fsp3) is 0.429. The number of carboxylic acid groups (broad SMARTS) is 1. The molecule has 4 nitrogen and oxygen atoms in total. The van der Waals surface area contributed by atoms with Crippen LogP contribution in [-0.4, -0.2) is 28.8 Å². The fourth-order valence-electron chi connectivity index (χ4n) is 1.68. The molecule has 0 heterocycles. The number of benzene rings is 1. The second-order valence-electron chi connectivity index (χ2n) is 4.67. The normalized spacial score (nSPS) is 15.8. The summed E-state index contributed by atoms with van der Waals surface area (Å²) in [7, 11) is 0. The van der Waals surface area contributed by atoms with Crippen LogP contribution in [0, 0.1) is 5.92 Å². The van der Waals surface area contributed by atoms with Gasteiger partial charge in [-0.15, -0.1) is 0 Å². The van der Waals surface area contributed by atoms with Crippen molar-refractivity contribution in [3.8, 4) is 0 Å². The standard InChI is InChI=1S/C14H17NO3S/c16-13(11-6-7-11)15-12(14(17)18)9-19-8-10-4-2-1-3-5-10/h1-5,11-12H,6-9H2,(H,15,16)(H,17,18)/t12-/m0/s1. The number of hydrogen-bond donors (Lipinski definition) is 2. The van der Waals surface area contributed by atoms with E-state index < -0.39 is 12.0 Å². The van der Waals surface area contributed by atoms with Crippen LogP contribution in [0.1, 0.15) is 18.4 Å². The maximum Gasteiger partial charge on any atom is 0.327 e. The third kappa shape index (κ3) is 4.59. The van der Waals surface area contributed by atoms with Crippen LogP contribution in [0.3, 0.4) is 0 Å². The minimum Gasteiger partial charge on any atom is -0.480 e. The van der Waals surface area contributed by atoms with Crippen molar-refractivity contribution in [2.24, 2.45) is 5.92 Å². The second-order valence-corrected chi connectivity index (χ2v) is 5.70. The number of aliphatic carboxylic acids is 1. The topological polar surface area (TPSA) is 66.4 Å². The quantitative estimate of drug-likeness (QED) is 0.800. The minimum atomic E-state index is -0.963. The molecule has 0 saturated heterocycles. The molecule has 0 aromatic heterocycles. The summed E-state index contributed by atoms with van der Waals surface area (Å²) in [6.45, 7) is 0. The Kier molecular flexibility index (Phi) is 4.85. The Labute approximate surface area is 116 Å². The summed E-state index contributed by atoms with van der Waals surface area (Å²) in [6.07, 6.45) is 1.77. The largest absolute Gasteiger partial charge is 0.480 e. The number of nitrogens with one attached hydrogen (secondary N) is 1. The van der Waals surface area contributed by atoms with Gasteiger partial charge in [0.2, 0.25) is 5.91 Å². The van der Waals surface area contributed by atoms with E-state index in [-0.39, 0.29) is 11.8 Å². The molecule has 102 valence electrons. The lowest BCUT2D eigenvalue weighted by atomic mass is 10.2. The molecule has 0 spiro atoms. The zero-order valence-electron chi connectivity index (χ0n) is 10.5. The molecule has 0 aliphatic heterocycles. The van der Waals surface area contributed by atoms with Crippen LogP contribution < -0.4 is 5.32 Å². The van der Waals surface area contributed by atoms with Crippen LogP contribution in [0.2, 0.25) is 0 Å². The highest BCUT2D eigenvalue weighted by atomic mass is 32.2. The number of thioether (sulfide) groups is 1. The number of carbonyl (C=O) groups excluding carboxylic acids is 1. The lowest BCUT2D eigenvalue weighted by Gasteiger charge is -2.14. The molecule has 0 unspecified atom stereocenters. The molecule has 1 saturated carbocycles. The van der Waals surface area contributed by atoms with Gasteiger partial charge in [-0.3, -0.25) is 4.79 Å². The van der Waals surface area contributed by atoms with Gasteiger partial charge in [0, 0.05) is 17.4 Å². The van der Waals surface area contributed by atoms with Crippen LogP contribution in [-0.2, 0) is 15.3 Å². The summed E-state index contributed by atoms with van der Waals surface area (Å²) in [5, 5.41) is 11.7. The van der Waals surface area contributed by atoms with Gasteiger partial charge in [0.1, 0.15) is 6.04 Å². The lowest BCUT2D eigenvalue weighted by molar-refractivity contribution is -0.141. The first-order chi connectivity index (χ1) is 9.16. The average Bonchev–Trinajstić information content (AvgIpc) is 3.22. The maximum atomic E-state index is 11.6. The molecule has 5 heteroatoms. The third-order valence-electron chi connectivity index (χ3n) is 2.96. The van der Waals surface area contributed by atoms with Crippen LogP contribution >= 0.6 is 11.8 Å². The first kappa shape index (κ1) is 13.9. The Hall–Kier alpha value is -1.49. The summed E-state index contributed by atoms with van der Waals surface area (Å²) >= 11 is 1.52.